The van der Waals surface area contributed by atoms with Crippen LogP contribution in [0.3, 0.4) is 0 Å². The Morgan fingerprint density at radius 3 is 2.53 bits per heavy atom. The van der Waals surface area contributed by atoms with Crippen LogP contribution in [0.5, 0.6) is 11.5 Å². The Morgan fingerprint density at radius 2 is 2.07 bits per heavy atom. The molecule has 0 amide bonds. The SMILES string of the molecule is COc1ccc(C(=O)CN)c(Cl)c1OC. The molecule has 0 heterocycles. The van der Waals surface area contributed by atoms with Crippen molar-refractivity contribution in [2.45, 2.75) is 0 Å². The molecule has 0 radical (unpaired) electrons. The Hall–Kier alpha value is -1.26. The summed E-state index contributed by atoms with van der Waals surface area (Å²) in [5, 5.41) is 0.229. The first-order valence-electron chi connectivity index (χ1n) is 4.29. The summed E-state index contributed by atoms with van der Waals surface area (Å²) in [7, 11) is 2.96. The highest BCUT2D eigenvalue weighted by Crippen LogP contribution is 2.37. The average Bonchev–Trinajstić information content (AvgIpc) is 2.27. The number of hydrogen-bond donors (Lipinski definition) is 1. The van der Waals surface area contributed by atoms with Crippen molar-refractivity contribution in [3.05, 3.63) is 22.7 Å². The highest BCUT2D eigenvalue weighted by atomic mass is 35.5. The molecule has 15 heavy (non-hydrogen) atoms. The molecule has 0 spiro atoms. The first-order valence-corrected chi connectivity index (χ1v) is 4.67. The van der Waals surface area contributed by atoms with Crippen LogP contribution in [-0.4, -0.2) is 26.5 Å². The molecule has 82 valence electrons. The van der Waals surface area contributed by atoms with Gasteiger partial charge in [0, 0.05) is 5.56 Å². The molecular weight excluding hydrogens is 218 g/mol. The van der Waals surface area contributed by atoms with E-state index in [0.717, 1.165) is 0 Å². The van der Waals surface area contributed by atoms with E-state index in [9.17, 15) is 4.79 Å². The second-order valence-corrected chi connectivity index (χ2v) is 3.17. The zero-order valence-electron chi connectivity index (χ0n) is 8.54. The van der Waals surface area contributed by atoms with Gasteiger partial charge in [-0.2, -0.15) is 0 Å². The van der Waals surface area contributed by atoms with E-state index in [1.807, 2.05) is 0 Å². The van der Waals surface area contributed by atoms with Gasteiger partial charge < -0.3 is 15.2 Å². The fourth-order valence-corrected chi connectivity index (χ4v) is 1.55. The van der Waals surface area contributed by atoms with E-state index in [2.05, 4.69) is 0 Å². The normalized spacial score (nSPS) is 9.87. The van der Waals surface area contributed by atoms with E-state index in [1.165, 1.54) is 14.2 Å². The molecule has 1 rings (SSSR count). The summed E-state index contributed by atoms with van der Waals surface area (Å²) in [5.74, 6) is 0.593. The van der Waals surface area contributed by atoms with Crippen LogP contribution in [0.15, 0.2) is 12.1 Å². The summed E-state index contributed by atoms with van der Waals surface area (Å²) in [5.41, 5.74) is 5.60. The van der Waals surface area contributed by atoms with Crippen LogP contribution < -0.4 is 15.2 Å². The third kappa shape index (κ3) is 2.22. The van der Waals surface area contributed by atoms with Gasteiger partial charge in [0.15, 0.2) is 17.3 Å². The van der Waals surface area contributed by atoms with Crippen LogP contribution in [0.4, 0.5) is 0 Å². The van der Waals surface area contributed by atoms with Crippen molar-refractivity contribution in [1.82, 2.24) is 0 Å². The maximum Gasteiger partial charge on any atom is 0.180 e. The molecule has 1 aromatic carbocycles. The van der Waals surface area contributed by atoms with Crippen LogP contribution in [-0.2, 0) is 0 Å². The second kappa shape index (κ2) is 5.00. The topological polar surface area (TPSA) is 61.5 Å². The first kappa shape index (κ1) is 11.8. The van der Waals surface area contributed by atoms with Gasteiger partial charge in [-0.3, -0.25) is 4.79 Å². The predicted octanol–water partition coefficient (Wildman–Crippen LogP) is 1.50. The van der Waals surface area contributed by atoms with E-state index in [-0.39, 0.29) is 17.4 Å². The fraction of sp³-hybridized carbons (Fsp3) is 0.300. The summed E-state index contributed by atoms with van der Waals surface area (Å²) in [6, 6.07) is 3.19. The van der Waals surface area contributed by atoms with Crippen LogP contribution in [0, 0.1) is 0 Å². The molecular formula is C10H12ClNO3. The lowest BCUT2D eigenvalue weighted by atomic mass is 10.1. The number of carbonyl (C=O) groups is 1. The summed E-state index contributed by atoms with van der Waals surface area (Å²) < 4.78 is 10.1. The smallest absolute Gasteiger partial charge is 0.180 e. The van der Waals surface area contributed by atoms with Crippen molar-refractivity contribution in [1.29, 1.82) is 0 Å². The van der Waals surface area contributed by atoms with Crippen LogP contribution in [0.25, 0.3) is 0 Å². The van der Waals surface area contributed by atoms with Crippen molar-refractivity contribution in [2.24, 2.45) is 5.73 Å². The zero-order valence-corrected chi connectivity index (χ0v) is 9.30. The van der Waals surface area contributed by atoms with Crippen molar-refractivity contribution >= 4 is 17.4 Å². The molecule has 0 aromatic heterocycles. The van der Waals surface area contributed by atoms with Gasteiger partial charge >= 0.3 is 0 Å². The molecule has 0 aliphatic carbocycles. The Morgan fingerprint density at radius 1 is 1.40 bits per heavy atom. The molecule has 2 N–H and O–H groups in total. The van der Waals surface area contributed by atoms with Crippen molar-refractivity contribution in [2.75, 3.05) is 20.8 Å². The number of ketones is 1. The third-order valence-corrected chi connectivity index (χ3v) is 2.35. The minimum absolute atomic E-state index is 0.0881. The standard InChI is InChI=1S/C10H12ClNO3/c1-14-8-4-3-6(7(13)5-12)9(11)10(8)15-2/h3-4H,5,12H2,1-2H3. The second-order valence-electron chi connectivity index (χ2n) is 2.79. The van der Waals surface area contributed by atoms with Gasteiger partial charge in [0.2, 0.25) is 0 Å². The van der Waals surface area contributed by atoms with Gasteiger partial charge in [-0.15, -0.1) is 0 Å². The molecule has 0 saturated carbocycles. The quantitative estimate of drug-likeness (QED) is 0.795. The molecule has 0 unspecified atom stereocenters. The maximum absolute atomic E-state index is 11.4. The van der Waals surface area contributed by atoms with Gasteiger partial charge in [-0.1, -0.05) is 11.6 Å². The van der Waals surface area contributed by atoms with Crippen LogP contribution in [0.2, 0.25) is 5.02 Å². The maximum atomic E-state index is 11.4. The molecule has 0 fully saturated rings. The number of rotatable bonds is 4. The number of benzene rings is 1. The van der Waals surface area contributed by atoms with Crippen molar-refractivity contribution < 1.29 is 14.3 Å². The fourth-order valence-electron chi connectivity index (χ4n) is 1.21. The third-order valence-electron chi connectivity index (χ3n) is 1.97. The minimum Gasteiger partial charge on any atom is -0.493 e. The Kier molecular flexibility index (Phi) is 3.94. The molecule has 0 aliphatic rings. The molecule has 0 aliphatic heterocycles. The Bertz CT molecular complexity index is 379. The largest absolute Gasteiger partial charge is 0.493 e. The molecule has 0 atom stereocenters. The highest BCUT2D eigenvalue weighted by Gasteiger charge is 2.16. The molecule has 0 bridgehead atoms. The van der Waals surface area contributed by atoms with E-state index in [4.69, 9.17) is 26.8 Å². The van der Waals surface area contributed by atoms with E-state index < -0.39 is 0 Å². The summed E-state index contributed by atoms with van der Waals surface area (Å²) >= 11 is 5.99. The number of Topliss-reactive ketones (excluding diaryl/α,β-unsaturated/α-hetero) is 1. The molecule has 5 heteroatoms. The van der Waals surface area contributed by atoms with Crippen molar-refractivity contribution in [3.8, 4) is 11.5 Å². The monoisotopic (exact) mass is 229 g/mol. The average molecular weight is 230 g/mol. The predicted molar refractivity (Wildman–Crippen MR) is 57.9 cm³/mol. The van der Waals surface area contributed by atoms with Gasteiger partial charge in [-0.05, 0) is 12.1 Å². The van der Waals surface area contributed by atoms with E-state index in [1.54, 1.807) is 12.1 Å². The zero-order chi connectivity index (χ0) is 11.4. The van der Waals surface area contributed by atoms with Crippen LogP contribution >= 0.6 is 11.6 Å². The number of carbonyl (C=O) groups excluding carboxylic acids is 1. The minimum atomic E-state index is -0.235. The van der Waals surface area contributed by atoms with Crippen molar-refractivity contribution in [3.63, 3.8) is 0 Å². The lowest BCUT2D eigenvalue weighted by molar-refractivity contribution is 0.100. The van der Waals surface area contributed by atoms with Gasteiger partial charge in [0.25, 0.3) is 0 Å². The number of hydrogen-bond acceptors (Lipinski definition) is 4. The Balaban J connectivity index is 3.29. The molecule has 0 saturated heterocycles. The highest BCUT2D eigenvalue weighted by molar-refractivity contribution is 6.35. The van der Waals surface area contributed by atoms with Gasteiger partial charge in [-0.25, -0.2) is 0 Å². The van der Waals surface area contributed by atoms with Gasteiger partial charge in [0.1, 0.15) is 0 Å². The van der Waals surface area contributed by atoms with E-state index >= 15 is 0 Å². The first-order chi connectivity index (χ1) is 7.15. The van der Waals surface area contributed by atoms with E-state index in [0.29, 0.717) is 17.1 Å². The molecule has 4 nitrogen and oxygen atoms in total. The lowest BCUT2D eigenvalue weighted by Crippen LogP contribution is -2.14. The molecule has 1 aromatic rings. The van der Waals surface area contributed by atoms with Crippen LogP contribution in [0.1, 0.15) is 10.4 Å². The number of ether oxygens (including phenoxy) is 2. The summed E-state index contributed by atoms with van der Waals surface area (Å²) in [4.78, 5) is 11.4. The number of nitrogens with two attached hydrogens (primary N) is 1. The number of methoxy groups -OCH3 is 2. The summed E-state index contributed by atoms with van der Waals surface area (Å²) in [6.45, 7) is -0.0881. The lowest BCUT2D eigenvalue weighted by Gasteiger charge is -2.11. The van der Waals surface area contributed by atoms with Gasteiger partial charge in [0.05, 0.1) is 25.8 Å². The number of halogens is 1. The Labute approximate surface area is 92.9 Å². The summed E-state index contributed by atoms with van der Waals surface area (Å²) in [6.07, 6.45) is 0.